The van der Waals surface area contributed by atoms with E-state index in [-0.39, 0.29) is 12.7 Å². The fourth-order valence-corrected chi connectivity index (χ4v) is 2.92. The van der Waals surface area contributed by atoms with Crippen LogP contribution in [0.3, 0.4) is 0 Å². The van der Waals surface area contributed by atoms with Crippen LogP contribution in [0, 0.1) is 6.92 Å². The Morgan fingerprint density at radius 2 is 1.97 bits per heavy atom. The summed E-state index contributed by atoms with van der Waals surface area (Å²) in [4.78, 5) is 16.5. The summed E-state index contributed by atoms with van der Waals surface area (Å²) in [5.74, 6) is 2.54. The molecule has 1 aromatic carbocycles. The number of nitrogens with one attached hydrogen (secondary N) is 3. The van der Waals surface area contributed by atoms with Crippen molar-refractivity contribution in [3.8, 4) is 11.5 Å². The van der Waals surface area contributed by atoms with Gasteiger partial charge in [-0.3, -0.25) is 9.79 Å². The van der Waals surface area contributed by atoms with Crippen LogP contribution in [-0.4, -0.2) is 44.8 Å². The van der Waals surface area contributed by atoms with Crippen molar-refractivity contribution in [2.24, 2.45) is 4.99 Å². The van der Waals surface area contributed by atoms with Gasteiger partial charge in [-0.05, 0) is 50.5 Å². The summed E-state index contributed by atoms with van der Waals surface area (Å²) in [6, 6.07) is 7.77. The van der Waals surface area contributed by atoms with Crippen LogP contribution in [0.25, 0.3) is 0 Å². The minimum Gasteiger partial charge on any atom is -0.459 e. The molecule has 3 N–H and O–H groups in total. The summed E-state index contributed by atoms with van der Waals surface area (Å²) in [5.41, 5.74) is 2.01. The minimum atomic E-state index is -0.190. The third kappa shape index (κ3) is 5.91. The summed E-state index contributed by atoms with van der Waals surface area (Å²) in [7, 11) is 0. The maximum atomic E-state index is 12.0. The first-order valence-corrected chi connectivity index (χ1v) is 9.90. The highest BCUT2D eigenvalue weighted by Crippen LogP contribution is 2.32. The van der Waals surface area contributed by atoms with Gasteiger partial charge in [0.15, 0.2) is 23.2 Å². The molecule has 8 nitrogen and oxygen atoms in total. The number of carbonyl (C=O) groups is 1. The zero-order valence-electron chi connectivity index (χ0n) is 16.9. The van der Waals surface area contributed by atoms with Gasteiger partial charge in [0.2, 0.25) is 6.79 Å². The van der Waals surface area contributed by atoms with E-state index in [9.17, 15) is 4.79 Å². The molecule has 2 heterocycles. The molecule has 0 saturated carbocycles. The molecule has 0 aliphatic carbocycles. The van der Waals surface area contributed by atoms with Crippen LogP contribution in [-0.2, 0) is 6.42 Å². The van der Waals surface area contributed by atoms with Crippen molar-refractivity contribution >= 4 is 11.9 Å². The van der Waals surface area contributed by atoms with E-state index in [0.29, 0.717) is 18.8 Å². The molecule has 156 valence electrons. The molecular weight excluding hydrogens is 372 g/mol. The largest absolute Gasteiger partial charge is 0.459 e. The highest BCUT2D eigenvalue weighted by molar-refractivity contribution is 5.92. The van der Waals surface area contributed by atoms with E-state index in [1.54, 1.807) is 6.07 Å². The molecule has 8 heteroatoms. The third-order valence-corrected chi connectivity index (χ3v) is 4.45. The van der Waals surface area contributed by atoms with Gasteiger partial charge >= 0.3 is 0 Å². The average molecular weight is 400 g/mol. The van der Waals surface area contributed by atoms with Gasteiger partial charge in [-0.1, -0.05) is 6.07 Å². The Hall–Kier alpha value is -3.16. The minimum absolute atomic E-state index is 0.190. The molecule has 29 heavy (non-hydrogen) atoms. The fourth-order valence-electron chi connectivity index (χ4n) is 2.92. The van der Waals surface area contributed by atoms with Gasteiger partial charge < -0.3 is 29.8 Å². The first kappa shape index (κ1) is 20.6. The van der Waals surface area contributed by atoms with Crippen LogP contribution >= 0.6 is 0 Å². The Bertz CT molecular complexity index is 847. The van der Waals surface area contributed by atoms with Crippen molar-refractivity contribution in [3.05, 3.63) is 47.4 Å². The van der Waals surface area contributed by atoms with Crippen molar-refractivity contribution in [1.29, 1.82) is 0 Å². The summed E-state index contributed by atoms with van der Waals surface area (Å²) < 4.78 is 15.9. The van der Waals surface area contributed by atoms with Crippen LogP contribution in [0.2, 0.25) is 0 Å². The molecule has 1 aliphatic rings. The second-order valence-electron chi connectivity index (χ2n) is 6.67. The second kappa shape index (κ2) is 10.4. The molecule has 0 fully saturated rings. The number of fused-ring (bicyclic) bond motifs is 1. The van der Waals surface area contributed by atoms with Gasteiger partial charge in [-0.25, -0.2) is 0 Å². The van der Waals surface area contributed by atoms with Gasteiger partial charge in [0, 0.05) is 31.7 Å². The number of ether oxygens (including phenoxy) is 2. The van der Waals surface area contributed by atoms with Crippen LogP contribution in [0.4, 0.5) is 0 Å². The van der Waals surface area contributed by atoms with Crippen LogP contribution in [0.15, 0.2) is 39.9 Å². The van der Waals surface area contributed by atoms with Gasteiger partial charge in [-0.2, -0.15) is 0 Å². The molecule has 1 aromatic heterocycles. The van der Waals surface area contributed by atoms with E-state index >= 15 is 0 Å². The standard InChI is InChI=1S/C21H28N4O4/c1-3-22-21(24-10-4-9-23-20(26)19-15(2)8-12-27-19)25-11-7-16-5-6-17-18(13-16)29-14-28-17/h5-6,8,12-13H,3-4,7,9-11,14H2,1-2H3,(H,23,26)(H2,22,24,25). The van der Waals surface area contributed by atoms with Crippen molar-refractivity contribution in [1.82, 2.24) is 16.0 Å². The highest BCUT2D eigenvalue weighted by atomic mass is 16.7. The molecule has 1 amide bonds. The van der Waals surface area contributed by atoms with Crippen LogP contribution in [0.5, 0.6) is 11.5 Å². The van der Waals surface area contributed by atoms with Gasteiger partial charge in [0.1, 0.15) is 0 Å². The van der Waals surface area contributed by atoms with Gasteiger partial charge in [0.25, 0.3) is 5.91 Å². The highest BCUT2D eigenvalue weighted by Gasteiger charge is 2.13. The molecular formula is C21H28N4O4. The van der Waals surface area contributed by atoms with Gasteiger partial charge in [0.05, 0.1) is 6.26 Å². The van der Waals surface area contributed by atoms with E-state index in [1.807, 2.05) is 32.0 Å². The molecule has 0 saturated heterocycles. The molecule has 0 atom stereocenters. The van der Waals surface area contributed by atoms with Crippen molar-refractivity contribution < 1.29 is 18.7 Å². The number of aliphatic imine (C=N–C) groups is 1. The number of rotatable bonds is 9. The number of amides is 1. The summed E-state index contributed by atoms with van der Waals surface area (Å²) in [6.45, 7) is 6.84. The number of nitrogens with zero attached hydrogens (tertiary/aromatic N) is 1. The Morgan fingerprint density at radius 1 is 1.10 bits per heavy atom. The lowest BCUT2D eigenvalue weighted by atomic mass is 10.1. The molecule has 0 bridgehead atoms. The summed E-state index contributed by atoms with van der Waals surface area (Å²) >= 11 is 0. The predicted molar refractivity (Wildman–Crippen MR) is 111 cm³/mol. The monoisotopic (exact) mass is 400 g/mol. The lowest BCUT2D eigenvalue weighted by Gasteiger charge is -2.11. The van der Waals surface area contributed by atoms with Crippen molar-refractivity contribution in [3.63, 3.8) is 0 Å². The number of carbonyl (C=O) groups excluding carboxylic acids is 1. The first-order valence-electron chi connectivity index (χ1n) is 9.90. The van der Waals surface area contributed by atoms with E-state index < -0.39 is 0 Å². The zero-order valence-corrected chi connectivity index (χ0v) is 16.9. The third-order valence-electron chi connectivity index (χ3n) is 4.45. The fraction of sp³-hybridized carbons (Fsp3) is 0.429. The molecule has 0 spiro atoms. The number of furan rings is 1. The summed E-state index contributed by atoms with van der Waals surface area (Å²) in [5, 5.41) is 9.41. The maximum absolute atomic E-state index is 12.0. The Labute approximate surface area is 170 Å². The van der Waals surface area contributed by atoms with E-state index in [2.05, 4.69) is 20.9 Å². The Kier molecular flexibility index (Phi) is 7.38. The predicted octanol–water partition coefficient (Wildman–Crippen LogP) is 2.23. The maximum Gasteiger partial charge on any atom is 0.287 e. The smallest absolute Gasteiger partial charge is 0.287 e. The normalized spacial score (nSPS) is 12.7. The second-order valence-corrected chi connectivity index (χ2v) is 6.67. The lowest BCUT2D eigenvalue weighted by molar-refractivity contribution is 0.0925. The van der Waals surface area contributed by atoms with Crippen LogP contribution in [0.1, 0.15) is 35.0 Å². The molecule has 1 aliphatic heterocycles. The topological polar surface area (TPSA) is 97.1 Å². The number of benzene rings is 1. The number of guanidine groups is 1. The molecule has 3 rings (SSSR count). The molecule has 0 radical (unpaired) electrons. The zero-order chi connectivity index (χ0) is 20.5. The lowest BCUT2D eigenvalue weighted by Crippen LogP contribution is -2.38. The van der Waals surface area contributed by atoms with E-state index in [4.69, 9.17) is 13.9 Å². The quantitative estimate of drug-likeness (QED) is 0.339. The van der Waals surface area contributed by atoms with E-state index in [1.165, 1.54) is 11.8 Å². The number of hydrogen-bond acceptors (Lipinski definition) is 5. The van der Waals surface area contributed by atoms with Crippen molar-refractivity contribution in [2.75, 3.05) is 33.0 Å². The van der Waals surface area contributed by atoms with Crippen LogP contribution < -0.4 is 25.4 Å². The Balaban J connectivity index is 1.38. The Morgan fingerprint density at radius 3 is 2.76 bits per heavy atom. The SMILES string of the molecule is CCNC(=NCCCNC(=O)c1occc1C)NCCc1ccc2c(c1)OCO2. The van der Waals surface area contributed by atoms with E-state index in [0.717, 1.165) is 49.0 Å². The average Bonchev–Trinajstić information content (AvgIpc) is 3.35. The van der Waals surface area contributed by atoms with Crippen molar-refractivity contribution in [2.45, 2.75) is 26.7 Å². The molecule has 0 unspecified atom stereocenters. The number of hydrogen-bond donors (Lipinski definition) is 3. The number of aryl methyl sites for hydroxylation is 1. The van der Waals surface area contributed by atoms with Gasteiger partial charge in [-0.15, -0.1) is 0 Å². The summed E-state index contributed by atoms with van der Waals surface area (Å²) in [6.07, 6.45) is 3.11. The first-order chi connectivity index (χ1) is 14.2. The molecule has 2 aromatic rings.